The molecule has 1 aromatic heterocycles. The van der Waals surface area contributed by atoms with Gasteiger partial charge in [0.1, 0.15) is 0 Å². The van der Waals surface area contributed by atoms with Gasteiger partial charge in [0.25, 0.3) is 10.0 Å². The molecule has 3 N–H and O–H groups in total. The van der Waals surface area contributed by atoms with Crippen molar-refractivity contribution in [3.8, 4) is 22.9 Å². The van der Waals surface area contributed by atoms with Gasteiger partial charge in [-0.05, 0) is 55.8 Å². The van der Waals surface area contributed by atoms with Crippen LogP contribution in [0.3, 0.4) is 0 Å². The fraction of sp³-hybridized carbons (Fsp3) is 0.360. The van der Waals surface area contributed by atoms with E-state index in [1.165, 1.54) is 36.0 Å². The van der Waals surface area contributed by atoms with Gasteiger partial charge < -0.3 is 24.7 Å². The maximum absolute atomic E-state index is 12.6. The molecule has 39 heavy (non-hydrogen) atoms. The molecular formula is C25H32N6O6S2. The molecule has 0 spiro atoms. The molecule has 210 valence electrons. The van der Waals surface area contributed by atoms with Gasteiger partial charge in [-0.1, -0.05) is 25.1 Å². The Balaban J connectivity index is 1.60. The van der Waals surface area contributed by atoms with Gasteiger partial charge in [-0.25, -0.2) is 17.9 Å². The van der Waals surface area contributed by atoms with E-state index in [4.69, 9.17) is 9.47 Å². The average molecular weight is 577 g/mol. The summed E-state index contributed by atoms with van der Waals surface area (Å²) >= 11 is 1.23. The van der Waals surface area contributed by atoms with E-state index in [-0.39, 0.29) is 16.6 Å². The van der Waals surface area contributed by atoms with Crippen LogP contribution in [0, 0.1) is 0 Å². The van der Waals surface area contributed by atoms with Crippen LogP contribution >= 0.6 is 11.8 Å². The number of nitrogens with zero attached hydrogens (tertiary/aromatic N) is 3. The summed E-state index contributed by atoms with van der Waals surface area (Å²) in [6.07, 6.45) is 1.62. The predicted molar refractivity (Wildman–Crippen MR) is 149 cm³/mol. The molecule has 14 heteroatoms. The van der Waals surface area contributed by atoms with E-state index in [0.29, 0.717) is 41.3 Å². The van der Waals surface area contributed by atoms with Gasteiger partial charge in [0.05, 0.1) is 24.9 Å². The van der Waals surface area contributed by atoms with Crippen LogP contribution in [-0.4, -0.2) is 61.6 Å². The van der Waals surface area contributed by atoms with Gasteiger partial charge in [-0.3, -0.25) is 4.79 Å². The number of rotatable bonds is 13. The quantitative estimate of drug-likeness (QED) is 0.205. The Hall–Kier alpha value is -3.78. The molecule has 3 amide bonds. The van der Waals surface area contributed by atoms with Crippen molar-refractivity contribution in [1.29, 1.82) is 0 Å². The highest BCUT2D eigenvalue weighted by atomic mass is 32.2. The van der Waals surface area contributed by atoms with E-state index in [1.807, 2.05) is 35.3 Å². The minimum atomic E-state index is -4.04. The molecule has 0 aliphatic carbocycles. The molecule has 3 aromatic rings. The number of urea groups is 1. The number of methoxy groups -OCH3 is 2. The number of thioether (sulfide) groups is 1. The van der Waals surface area contributed by atoms with Crippen molar-refractivity contribution in [1.82, 2.24) is 24.8 Å². The average Bonchev–Trinajstić information content (AvgIpc) is 3.34. The van der Waals surface area contributed by atoms with E-state index >= 15 is 0 Å². The Morgan fingerprint density at radius 1 is 1.00 bits per heavy atom. The number of amides is 3. The number of carbonyl (C=O) groups is 2. The van der Waals surface area contributed by atoms with Crippen LogP contribution < -0.4 is 24.8 Å². The lowest BCUT2D eigenvalue weighted by atomic mass is 10.2. The van der Waals surface area contributed by atoms with Crippen molar-refractivity contribution in [3.05, 3.63) is 42.5 Å². The lowest BCUT2D eigenvalue weighted by molar-refractivity contribution is -0.113. The lowest BCUT2D eigenvalue weighted by Gasteiger charge is -2.11. The Kier molecular flexibility index (Phi) is 10.6. The second-order valence-corrected chi connectivity index (χ2v) is 10.8. The first-order chi connectivity index (χ1) is 18.7. The highest BCUT2D eigenvalue weighted by Crippen LogP contribution is 2.33. The molecule has 0 radical (unpaired) electrons. The second-order valence-electron chi connectivity index (χ2n) is 8.20. The number of hydrogen-bond donors (Lipinski definition) is 3. The monoisotopic (exact) mass is 576 g/mol. The number of hydrogen-bond acceptors (Lipinski definition) is 9. The zero-order chi connectivity index (χ0) is 28.4. The van der Waals surface area contributed by atoms with Gasteiger partial charge >= 0.3 is 6.03 Å². The predicted octanol–water partition coefficient (Wildman–Crippen LogP) is 3.50. The zero-order valence-electron chi connectivity index (χ0n) is 22.2. The third-order valence-corrected chi connectivity index (χ3v) is 7.81. The molecule has 0 unspecified atom stereocenters. The van der Waals surface area contributed by atoms with E-state index < -0.39 is 16.1 Å². The summed E-state index contributed by atoms with van der Waals surface area (Å²) in [5.74, 6) is 1.56. The number of aromatic nitrogens is 3. The Morgan fingerprint density at radius 2 is 1.72 bits per heavy atom. The first-order valence-electron chi connectivity index (χ1n) is 12.2. The lowest BCUT2D eigenvalue weighted by Crippen LogP contribution is -2.39. The van der Waals surface area contributed by atoms with Gasteiger partial charge in [-0.15, -0.1) is 10.2 Å². The van der Waals surface area contributed by atoms with Crippen LogP contribution in [0.1, 0.15) is 26.7 Å². The molecule has 0 aliphatic heterocycles. The second kappa shape index (κ2) is 13.8. The summed E-state index contributed by atoms with van der Waals surface area (Å²) in [5, 5.41) is 14.3. The summed E-state index contributed by atoms with van der Waals surface area (Å²) in [6.45, 7) is 4.88. The van der Waals surface area contributed by atoms with E-state index in [9.17, 15) is 18.0 Å². The summed E-state index contributed by atoms with van der Waals surface area (Å²) in [7, 11) is -0.913. The molecule has 12 nitrogen and oxygen atoms in total. The molecule has 0 fully saturated rings. The summed E-state index contributed by atoms with van der Waals surface area (Å²) in [4.78, 5) is 24.3. The van der Waals surface area contributed by atoms with E-state index in [0.717, 1.165) is 18.4 Å². The number of benzene rings is 2. The maximum Gasteiger partial charge on any atom is 0.328 e. The topological polar surface area (TPSA) is 154 Å². The molecule has 0 atom stereocenters. The molecule has 0 aliphatic rings. The minimum Gasteiger partial charge on any atom is -0.493 e. The normalized spacial score (nSPS) is 11.1. The van der Waals surface area contributed by atoms with Crippen LogP contribution in [0.15, 0.2) is 52.5 Å². The van der Waals surface area contributed by atoms with Crippen molar-refractivity contribution in [2.24, 2.45) is 0 Å². The molecule has 0 bridgehead atoms. The highest BCUT2D eigenvalue weighted by Gasteiger charge is 2.19. The number of carbonyl (C=O) groups excluding carboxylic acids is 2. The van der Waals surface area contributed by atoms with Crippen LogP contribution in [0.2, 0.25) is 0 Å². The zero-order valence-corrected chi connectivity index (χ0v) is 23.8. The largest absolute Gasteiger partial charge is 0.493 e. The minimum absolute atomic E-state index is 0.0591. The third-order valence-electron chi connectivity index (χ3n) is 5.50. The Bertz CT molecular complexity index is 1390. The first kappa shape index (κ1) is 29.8. The van der Waals surface area contributed by atoms with Gasteiger partial charge in [0.15, 0.2) is 22.5 Å². The number of nitrogens with one attached hydrogen (secondary N) is 3. The van der Waals surface area contributed by atoms with Crippen LogP contribution in [0.25, 0.3) is 11.4 Å². The summed E-state index contributed by atoms with van der Waals surface area (Å²) in [5.41, 5.74) is 1.20. The smallest absolute Gasteiger partial charge is 0.328 e. The van der Waals surface area contributed by atoms with Crippen molar-refractivity contribution < 1.29 is 27.5 Å². The molecule has 0 saturated heterocycles. The van der Waals surface area contributed by atoms with Crippen molar-refractivity contribution >= 4 is 39.4 Å². The molecule has 2 aromatic carbocycles. The number of sulfonamides is 1. The van der Waals surface area contributed by atoms with Crippen LogP contribution in [0.4, 0.5) is 10.5 Å². The van der Waals surface area contributed by atoms with Gasteiger partial charge in [0, 0.05) is 24.3 Å². The Labute approximate surface area is 231 Å². The van der Waals surface area contributed by atoms with Gasteiger partial charge in [-0.2, -0.15) is 0 Å². The van der Waals surface area contributed by atoms with Gasteiger partial charge in [0.2, 0.25) is 5.91 Å². The van der Waals surface area contributed by atoms with E-state index in [1.54, 1.807) is 20.3 Å². The van der Waals surface area contributed by atoms with E-state index in [2.05, 4.69) is 20.8 Å². The standard InChI is InChI=1S/C25H32N6O6S2/c1-5-7-14-26-24(33)30-39(34,35)19-11-9-18(10-12-19)27-22(32)16-38-25-29-28-23(31(25)6-2)17-8-13-20(36-3)21(15-17)37-4/h8-13,15H,5-7,14,16H2,1-4H3,(H,27,32)(H2,26,30,33). The summed E-state index contributed by atoms with van der Waals surface area (Å²) in [6, 6.07) is 10.2. The molecule has 3 rings (SSSR count). The maximum atomic E-state index is 12.6. The number of ether oxygens (including phenoxy) is 2. The fourth-order valence-corrected chi connectivity index (χ4v) is 5.24. The van der Waals surface area contributed by atoms with Crippen LogP contribution in [-0.2, 0) is 21.4 Å². The van der Waals surface area contributed by atoms with Crippen molar-refractivity contribution in [3.63, 3.8) is 0 Å². The number of anilines is 1. The van der Waals surface area contributed by atoms with Crippen LogP contribution in [0.5, 0.6) is 11.5 Å². The Morgan fingerprint density at radius 3 is 2.36 bits per heavy atom. The first-order valence-corrected chi connectivity index (χ1v) is 14.7. The SMILES string of the molecule is CCCCNC(=O)NS(=O)(=O)c1ccc(NC(=O)CSc2nnc(-c3ccc(OC)c(OC)c3)n2CC)cc1. The fourth-order valence-electron chi connectivity index (χ4n) is 3.51. The highest BCUT2D eigenvalue weighted by molar-refractivity contribution is 7.99. The van der Waals surface area contributed by atoms with Crippen molar-refractivity contribution in [2.45, 2.75) is 43.3 Å². The molecule has 1 heterocycles. The summed E-state index contributed by atoms with van der Waals surface area (Å²) < 4.78 is 39.4. The molecule has 0 saturated carbocycles. The number of unbranched alkanes of at least 4 members (excludes halogenated alkanes) is 1. The van der Waals surface area contributed by atoms with Crippen molar-refractivity contribution in [2.75, 3.05) is 31.8 Å². The third kappa shape index (κ3) is 7.86. The molecular weight excluding hydrogens is 544 g/mol.